The van der Waals surface area contributed by atoms with Crippen LogP contribution in [0.3, 0.4) is 0 Å². The van der Waals surface area contributed by atoms with Gasteiger partial charge in [0, 0.05) is 23.1 Å². The van der Waals surface area contributed by atoms with Crippen LogP contribution in [0, 0.1) is 0 Å². The summed E-state index contributed by atoms with van der Waals surface area (Å²) in [5, 5.41) is 6.03. The zero-order valence-corrected chi connectivity index (χ0v) is 13.6. The van der Waals surface area contributed by atoms with Crippen molar-refractivity contribution in [3.63, 3.8) is 0 Å². The number of fused-ring (bicyclic) bond motifs is 1. The van der Waals surface area contributed by atoms with Gasteiger partial charge in [-0.05, 0) is 36.1 Å². The van der Waals surface area contributed by atoms with Crippen LogP contribution in [-0.2, 0) is 16.3 Å². The average Bonchev–Trinajstić information content (AvgIpc) is 2.99. The van der Waals surface area contributed by atoms with Gasteiger partial charge in [-0.15, -0.1) is 11.3 Å². The minimum absolute atomic E-state index is 0.274. The number of thiophene rings is 1. The van der Waals surface area contributed by atoms with Crippen LogP contribution in [0.1, 0.15) is 4.88 Å². The number of nitrogens with one attached hydrogen (secondary N) is 1. The molecule has 5 nitrogen and oxygen atoms in total. The van der Waals surface area contributed by atoms with Gasteiger partial charge in [0.15, 0.2) is 9.84 Å². The molecule has 0 aliphatic heterocycles. The monoisotopic (exact) mass is 333 g/mol. The van der Waals surface area contributed by atoms with Crippen LogP contribution in [-0.4, -0.2) is 31.2 Å². The second-order valence-corrected chi connectivity index (χ2v) is 7.98. The molecule has 0 spiro atoms. The van der Waals surface area contributed by atoms with E-state index in [1.54, 1.807) is 29.5 Å². The lowest BCUT2D eigenvalue weighted by molar-refractivity contribution is 0.602. The van der Waals surface area contributed by atoms with Gasteiger partial charge < -0.3 is 5.32 Å². The molecule has 0 fully saturated rings. The van der Waals surface area contributed by atoms with Crippen LogP contribution < -0.4 is 5.32 Å². The molecule has 7 heteroatoms. The quantitative estimate of drug-likeness (QED) is 0.777. The molecule has 1 N–H and O–H groups in total. The summed E-state index contributed by atoms with van der Waals surface area (Å²) in [4.78, 5) is 9.98. The largest absolute Gasteiger partial charge is 0.369 e. The summed E-state index contributed by atoms with van der Waals surface area (Å²) in [7, 11) is -3.25. The summed E-state index contributed by atoms with van der Waals surface area (Å²) in [5.41, 5.74) is 0.723. The third-order valence-electron chi connectivity index (χ3n) is 3.28. The minimum Gasteiger partial charge on any atom is -0.369 e. The van der Waals surface area contributed by atoms with E-state index in [1.165, 1.54) is 17.5 Å². The summed E-state index contributed by atoms with van der Waals surface area (Å²) in [5.74, 6) is 0.659. The van der Waals surface area contributed by atoms with Gasteiger partial charge in [-0.2, -0.15) is 0 Å². The molecule has 3 aromatic rings. The fourth-order valence-corrected chi connectivity index (χ4v) is 3.52. The molecule has 22 heavy (non-hydrogen) atoms. The maximum Gasteiger partial charge on any atom is 0.175 e. The molecule has 0 amide bonds. The zero-order valence-electron chi connectivity index (χ0n) is 12.0. The summed E-state index contributed by atoms with van der Waals surface area (Å²) in [6, 6.07) is 9.01. The first-order chi connectivity index (χ1) is 10.5. The fraction of sp³-hybridized carbons (Fsp3) is 0.200. The minimum atomic E-state index is -3.25. The van der Waals surface area contributed by atoms with Crippen molar-refractivity contribution in [2.24, 2.45) is 0 Å². The summed E-state index contributed by atoms with van der Waals surface area (Å²) >= 11 is 1.72. The molecule has 0 aliphatic carbocycles. The SMILES string of the molecule is CS(=O)(=O)c1ccc2ncnc(NCCc3cccs3)c2c1. The smallest absolute Gasteiger partial charge is 0.175 e. The lowest BCUT2D eigenvalue weighted by Crippen LogP contribution is -2.07. The highest BCUT2D eigenvalue weighted by molar-refractivity contribution is 7.90. The van der Waals surface area contributed by atoms with E-state index in [-0.39, 0.29) is 4.90 Å². The fourth-order valence-electron chi connectivity index (χ4n) is 2.17. The van der Waals surface area contributed by atoms with Gasteiger partial charge >= 0.3 is 0 Å². The number of sulfone groups is 1. The average molecular weight is 333 g/mol. The van der Waals surface area contributed by atoms with Gasteiger partial charge in [0.05, 0.1) is 10.4 Å². The van der Waals surface area contributed by atoms with E-state index < -0.39 is 9.84 Å². The van der Waals surface area contributed by atoms with Crippen molar-refractivity contribution in [3.05, 3.63) is 46.9 Å². The second kappa shape index (κ2) is 6.02. The van der Waals surface area contributed by atoms with E-state index >= 15 is 0 Å². The summed E-state index contributed by atoms with van der Waals surface area (Å²) in [6.45, 7) is 0.732. The van der Waals surface area contributed by atoms with Crippen LogP contribution >= 0.6 is 11.3 Å². The van der Waals surface area contributed by atoms with Crippen molar-refractivity contribution >= 4 is 37.9 Å². The van der Waals surface area contributed by atoms with Crippen molar-refractivity contribution in [2.75, 3.05) is 18.1 Å². The summed E-state index contributed by atoms with van der Waals surface area (Å²) in [6.07, 6.45) is 3.58. The second-order valence-electron chi connectivity index (χ2n) is 4.93. The molecule has 0 atom stereocenters. The van der Waals surface area contributed by atoms with Crippen LogP contribution in [0.25, 0.3) is 10.9 Å². The van der Waals surface area contributed by atoms with Crippen molar-refractivity contribution in [2.45, 2.75) is 11.3 Å². The normalized spacial score (nSPS) is 11.7. The predicted molar refractivity (Wildman–Crippen MR) is 89.2 cm³/mol. The third-order valence-corrected chi connectivity index (χ3v) is 5.33. The Morgan fingerprint density at radius 2 is 2.09 bits per heavy atom. The Labute approximate surface area is 133 Å². The van der Waals surface area contributed by atoms with Gasteiger partial charge in [-0.3, -0.25) is 0 Å². The van der Waals surface area contributed by atoms with Crippen LogP contribution in [0.15, 0.2) is 46.9 Å². The first kappa shape index (κ1) is 14.9. The first-order valence-corrected chi connectivity index (χ1v) is 9.52. The number of benzene rings is 1. The molecule has 0 saturated heterocycles. The van der Waals surface area contributed by atoms with Crippen molar-refractivity contribution in [1.82, 2.24) is 9.97 Å². The molecule has 114 valence electrons. The van der Waals surface area contributed by atoms with Crippen LogP contribution in [0.5, 0.6) is 0 Å². The molecule has 0 aliphatic rings. The van der Waals surface area contributed by atoms with Gasteiger partial charge in [0.2, 0.25) is 0 Å². The molecule has 0 unspecified atom stereocenters. The molecule has 1 aromatic carbocycles. The van der Waals surface area contributed by atoms with Crippen LogP contribution in [0.4, 0.5) is 5.82 Å². The highest BCUT2D eigenvalue weighted by Crippen LogP contribution is 2.23. The Hall–Kier alpha value is -1.99. The maximum atomic E-state index is 11.7. The Bertz CT molecular complexity index is 890. The van der Waals surface area contributed by atoms with E-state index in [1.807, 2.05) is 11.4 Å². The molecule has 0 bridgehead atoms. The lowest BCUT2D eigenvalue weighted by atomic mass is 10.2. The van der Waals surface area contributed by atoms with E-state index in [0.29, 0.717) is 5.82 Å². The van der Waals surface area contributed by atoms with Crippen molar-refractivity contribution in [1.29, 1.82) is 0 Å². The van der Waals surface area contributed by atoms with Gasteiger partial charge in [-0.25, -0.2) is 18.4 Å². The number of hydrogen-bond donors (Lipinski definition) is 1. The molecule has 2 heterocycles. The Balaban J connectivity index is 1.88. The molecular weight excluding hydrogens is 318 g/mol. The molecule has 2 aromatic heterocycles. The summed E-state index contributed by atoms with van der Waals surface area (Å²) < 4.78 is 23.4. The molecule has 3 rings (SSSR count). The predicted octanol–water partition coefficient (Wildman–Crippen LogP) is 2.75. The number of nitrogens with zero attached hydrogens (tertiary/aromatic N) is 2. The van der Waals surface area contributed by atoms with E-state index in [9.17, 15) is 8.42 Å². The zero-order chi connectivity index (χ0) is 15.6. The molecule has 0 radical (unpaired) electrons. The standard InChI is InChI=1S/C15H15N3O2S2/c1-22(19,20)12-4-5-14-13(9-12)15(18-10-17-14)16-7-6-11-3-2-8-21-11/h2-5,8-10H,6-7H2,1H3,(H,16,17,18). The van der Waals surface area contributed by atoms with Crippen LogP contribution in [0.2, 0.25) is 0 Å². The Morgan fingerprint density at radius 1 is 1.23 bits per heavy atom. The van der Waals surface area contributed by atoms with E-state index in [4.69, 9.17) is 0 Å². The van der Waals surface area contributed by atoms with Gasteiger partial charge in [0.1, 0.15) is 12.1 Å². The Morgan fingerprint density at radius 3 is 2.82 bits per heavy atom. The van der Waals surface area contributed by atoms with Gasteiger partial charge in [-0.1, -0.05) is 6.07 Å². The first-order valence-electron chi connectivity index (χ1n) is 6.75. The maximum absolute atomic E-state index is 11.7. The van der Waals surface area contributed by atoms with E-state index in [0.717, 1.165) is 23.9 Å². The van der Waals surface area contributed by atoms with Crippen molar-refractivity contribution in [3.8, 4) is 0 Å². The molecule has 0 saturated carbocycles. The van der Waals surface area contributed by atoms with Gasteiger partial charge in [0.25, 0.3) is 0 Å². The topological polar surface area (TPSA) is 72.0 Å². The highest BCUT2D eigenvalue weighted by Gasteiger charge is 2.10. The number of rotatable bonds is 5. The molecular formula is C15H15N3O2S2. The number of hydrogen-bond acceptors (Lipinski definition) is 6. The third kappa shape index (κ3) is 3.26. The lowest BCUT2D eigenvalue weighted by Gasteiger charge is -2.08. The Kier molecular flexibility index (Phi) is 4.08. The highest BCUT2D eigenvalue weighted by atomic mass is 32.2. The van der Waals surface area contributed by atoms with Crippen molar-refractivity contribution < 1.29 is 8.42 Å². The van der Waals surface area contributed by atoms with E-state index in [2.05, 4.69) is 21.4 Å². The number of anilines is 1. The number of aromatic nitrogens is 2.